The molecule has 0 saturated carbocycles. The van der Waals surface area contributed by atoms with Crippen molar-refractivity contribution >= 4 is 11.9 Å². The summed E-state index contributed by atoms with van der Waals surface area (Å²) in [6.45, 7) is 1.91. The number of rotatable bonds is 14. The quantitative estimate of drug-likeness (QED) is 0.221. The molecule has 1 aromatic rings. The standard InChI is InChI=1S/C26H36O6/c1-2-10-26(31)32-24-18-23(28)21(22(24)13-8-3-4-9-14-25(29)30)16-15-20(27)17-19-11-6-5-7-12-19/h5-7,11-12,15-16,20-21,23,27-28H,2-4,8-10,13-14,17-18H2,1H3,(H,29,30)/b16-15+/t20?,21-,23+/m0/s1. The van der Waals surface area contributed by atoms with E-state index in [1.54, 1.807) is 6.08 Å². The predicted molar refractivity (Wildman–Crippen MR) is 123 cm³/mol. The molecule has 6 nitrogen and oxygen atoms in total. The number of benzene rings is 1. The summed E-state index contributed by atoms with van der Waals surface area (Å²) in [5, 5.41) is 29.8. The molecule has 6 heteroatoms. The summed E-state index contributed by atoms with van der Waals surface area (Å²) < 4.78 is 5.58. The van der Waals surface area contributed by atoms with E-state index in [-0.39, 0.29) is 24.7 Å². The zero-order valence-electron chi connectivity index (χ0n) is 18.9. The molecule has 0 amide bonds. The van der Waals surface area contributed by atoms with Crippen molar-refractivity contribution in [1.82, 2.24) is 0 Å². The zero-order chi connectivity index (χ0) is 23.3. The molecule has 0 aromatic heterocycles. The van der Waals surface area contributed by atoms with Crippen LogP contribution in [-0.2, 0) is 20.7 Å². The van der Waals surface area contributed by atoms with Crippen LogP contribution in [0.3, 0.4) is 0 Å². The smallest absolute Gasteiger partial charge is 0.310 e. The Labute approximate surface area is 190 Å². The number of carboxylic acids is 1. The third-order valence-corrected chi connectivity index (χ3v) is 5.68. The first-order valence-electron chi connectivity index (χ1n) is 11.6. The van der Waals surface area contributed by atoms with Gasteiger partial charge in [-0.3, -0.25) is 9.59 Å². The lowest BCUT2D eigenvalue weighted by Gasteiger charge is -2.16. The average molecular weight is 445 g/mol. The van der Waals surface area contributed by atoms with Crippen LogP contribution in [0.1, 0.15) is 70.3 Å². The van der Waals surface area contributed by atoms with Gasteiger partial charge in [0.2, 0.25) is 0 Å². The molecule has 1 unspecified atom stereocenters. The number of hydrogen-bond donors (Lipinski definition) is 3. The van der Waals surface area contributed by atoms with E-state index in [2.05, 4.69) is 0 Å². The largest absolute Gasteiger partial charge is 0.481 e. The van der Waals surface area contributed by atoms with Crippen LogP contribution < -0.4 is 0 Å². The average Bonchev–Trinajstić information content (AvgIpc) is 3.03. The Morgan fingerprint density at radius 3 is 2.53 bits per heavy atom. The third-order valence-electron chi connectivity index (χ3n) is 5.68. The summed E-state index contributed by atoms with van der Waals surface area (Å²) in [6.07, 6.45) is 7.99. The maximum absolute atomic E-state index is 12.1. The van der Waals surface area contributed by atoms with Gasteiger partial charge in [-0.05, 0) is 36.8 Å². The molecule has 176 valence electrons. The first-order chi connectivity index (χ1) is 15.4. The van der Waals surface area contributed by atoms with Crippen molar-refractivity contribution in [3.63, 3.8) is 0 Å². The van der Waals surface area contributed by atoms with Gasteiger partial charge in [0.1, 0.15) is 5.76 Å². The lowest BCUT2D eigenvalue weighted by atomic mass is 9.93. The fourth-order valence-electron chi connectivity index (χ4n) is 4.03. The Morgan fingerprint density at radius 2 is 1.84 bits per heavy atom. The monoisotopic (exact) mass is 444 g/mol. The highest BCUT2D eigenvalue weighted by molar-refractivity contribution is 5.70. The SMILES string of the molecule is CCCC(=O)OC1=C(CCCCCCC(=O)O)[C@H](/C=C/C(O)Cc2ccccc2)[C@H](O)C1. The first-order valence-corrected chi connectivity index (χ1v) is 11.6. The van der Waals surface area contributed by atoms with Gasteiger partial charge in [0, 0.05) is 31.6 Å². The topological polar surface area (TPSA) is 104 Å². The van der Waals surface area contributed by atoms with Gasteiger partial charge in [-0.25, -0.2) is 0 Å². The summed E-state index contributed by atoms with van der Waals surface area (Å²) >= 11 is 0. The molecule has 0 saturated heterocycles. The number of ether oxygens (including phenoxy) is 1. The van der Waals surface area contributed by atoms with Gasteiger partial charge in [-0.15, -0.1) is 0 Å². The van der Waals surface area contributed by atoms with E-state index in [0.29, 0.717) is 37.9 Å². The molecule has 0 radical (unpaired) electrons. The molecule has 0 spiro atoms. The molecular weight excluding hydrogens is 408 g/mol. The van der Waals surface area contributed by atoms with E-state index in [1.165, 1.54) is 0 Å². The predicted octanol–water partition coefficient (Wildman–Crippen LogP) is 4.55. The zero-order valence-corrected chi connectivity index (χ0v) is 18.9. The number of aliphatic hydroxyl groups excluding tert-OH is 2. The number of aliphatic carboxylic acids is 1. The lowest BCUT2D eigenvalue weighted by molar-refractivity contribution is -0.140. The minimum Gasteiger partial charge on any atom is -0.481 e. The molecular formula is C26H36O6. The van der Waals surface area contributed by atoms with Crippen molar-refractivity contribution in [2.24, 2.45) is 5.92 Å². The van der Waals surface area contributed by atoms with Gasteiger partial charge in [-0.2, -0.15) is 0 Å². The number of hydrogen-bond acceptors (Lipinski definition) is 5. The molecule has 1 aliphatic carbocycles. The second-order valence-corrected chi connectivity index (χ2v) is 8.42. The van der Waals surface area contributed by atoms with Crippen molar-refractivity contribution in [2.75, 3.05) is 0 Å². The molecule has 0 fully saturated rings. The summed E-state index contributed by atoms with van der Waals surface area (Å²) in [4.78, 5) is 22.7. The van der Waals surface area contributed by atoms with E-state index in [9.17, 15) is 19.8 Å². The Hall–Kier alpha value is -2.44. The Kier molecular flexibility index (Phi) is 11.2. The molecule has 3 N–H and O–H groups in total. The number of esters is 1. The van der Waals surface area contributed by atoms with Gasteiger partial charge in [0.25, 0.3) is 0 Å². The van der Waals surface area contributed by atoms with Crippen LogP contribution in [0.5, 0.6) is 0 Å². The highest BCUT2D eigenvalue weighted by Gasteiger charge is 2.33. The van der Waals surface area contributed by atoms with Crippen LogP contribution >= 0.6 is 0 Å². The molecule has 32 heavy (non-hydrogen) atoms. The molecule has 3 atom stereocenters. The Balaban J connectivity index is 2.02. The van der Waals surface area contributed by atoms with Crippen molar-refractivity contribution in [3.8, 4) is 0 Å². The molecule has 1 aromatic carbocycles. The third kappa shape index (κ3) is 8.97. The molecule has 0 bridgehead atoms. The van der Waals surface area contributed by atoms with Crippen LogP contribution in [0.25, 0.3) is 0 Å². The summed E-state index contributed by atoms with van der Waals surface area (Å²) in [7, 11) is 0. The van der Waals surface area contributed by atoms with Crippen molar-refractivity contribution < 1.29 is 29.6 Å². The maximum Gasteiger partial charge on any atom is 0.310 e. The van der Waals surface area contributed by atoms with E-state index < -0.39 is 18.2 Å². The minimum absolute atomic E-state index is 0.173. The summed E-state index contributed by atoms with van der Waals surface area (Å²) in [6, 6.07) is 9.72. The van der Waals surface area contributed by atoms with Crippen molar-refractivity contribution in [3.05, 3.63) is 59.4 Å². The lowest BCUT2D eigenvalue weighted by Crippen LogP contribution is -2.16. The van der Waals surface area contributed by atoms with E-state index in [0.717, 1.165) is 30.4 Å². The molecule has 0 heterocycles. The Bertz CT molecular complexity index is 783. The van der Waals surface area contributed by atoms with E-state index in [4.69, 9.17) is 9.84 Å². The molecule has 0 aliphatic heterocycles. The van der Waals surface area contributed by atoms with Crippen LogP contribution in [0, 0.1) is 5.92 Å². The van der Waals surface area contributed by atoms with Gasteiger partial charge < -0.3 is 20.1 Å². The summed E-state index contributed by atoms with van der Waals surface area (Å²) in [5.41, 5.74) is 1.94. The van der Waals surface area contributed by atoms with Gasteiger partial charge in [0.05, 0.1) is 12.2 Å². The van der Waals surface area contributed by atoms with Crippen LogP contribution in [0.4, 0.5) is 0 Å². The summed E-state index contributed by atoms with van der Waals surface area (Å²) in [5.74, 6) is -0.823. The normalized spacial score (nSPS) is 19.5. The number of carbonyl (C=O) groups excluding carboxylic acids is 1. The molecule has 2 rings (SSSR count). The fraction of sp³-hybridized carbons (Fsp3) is 0.538. The van der Waals surface area contributed by atoms with Crippen LogP contribution in [-0.4, -0.2) is 39.5 Å². The van der Waals surface area contributed by atoms with E-state index in [1.807, 2.05) is 43.3 Å². The number of carboxylic acid groups (broad SMARTS) is 1. The van der Waals surface area contributed by atoms with E-state index >= 15 is 0 Å². The Morgan fingerprint density at radius 1 is 1.12 bits per heavy atom. The van der Waals surface area contributed by atoms with Crippen molar-refractivity contribution in [1.29, 1.82) is 0 Å². The van der Waals surface area contributed by atoms with Crippen LogP contribution in [0.15, 0.2) is 53.8 Å². The number of unbranched alkanes of at least 4 members (excludes halogenated alkanes) is 3. The second kappa shape index (κ2) is 13.9. The van der Waals surface area contributed by atoms with Gasteiger partial charge in [0.15, 0.2) is 0 Å². The highest BCUT2D eigenvalue weighted by Crippen LogP contribution is 2.37. The minimum atomic E-state index is -0.781. The highest BCUT2D eigenvalue weighted by atomic mass is 16.5. The number of aliphatic hydroxyl groups is 2. The second-order valence-electron chi connectivity index (χ2n) is 8.42. The number of carbonyl (C=O) groups is 2. The maximum atomic E-state index is 12.1. The first kappa shape index (κ1) is 25.8. The molecule has 1 aliphatic rings. The van der Waals surface area contributed by atoms with Gasteiger partial charge in [-0.1, -0.05) is 62.2 Å². The van der Waals surface area contributed by atoms with Crippen LogP contribution in [0.2, 0.25) is 0 Å². The fourth-order valence-corrected chi connectivity index (χ4v) is 4.03. The van der Waals surface area contributed by atoms with Crippen molar-refractivity contribution in [2.45, 2.75) is 83.3 Å². The van der Waals surface area contributed by atoms with Gasteiger partial charge >= 0.3 is 11.9 Å².